The topological polar surface area (TPSA) is 117 Å². The molecule has 0 radical (unpaired) electrons. The number of hydrogen-bond donors (Lipinski definition) is 1. The summed E-state index contributed by atoms with van der Waals surface area (Å²) in [6.07, 6.45) is 1.36. The van der Waals surface area contributed by atoms with Crippen molar-refractivity contribution in [1.82, 2.24) is 9.97 Å². The van der Waals surface area contributed by atoms with Crippen molar-refractivity contribution in [2.75, 3.05) is 26.1 Å². The Morgan fingerprint density at radius 1 is 1.04 bits per heavy atom. The van der Waals surface area contributed by atoms with Gasteiger partial charge in [-0.05, 0) is 29.6 Å². The Bertz CT molecular complexity index is 1010. The Labute approximate surface area is 163 Å². The van der Waals surface area contributed by atoms with E-state index in [0.717, 1.165) is 4.83 Å². The van der Waals surface area contributed by atoms with Gasteiger partial charge in [-0.2, -0.15) is 0 Å². The standard InChI is InChI=1S/C18H15N3O6S/c1-25-17(23)10-5-11(18(24)26-2)7-12(6-10)21-14(22)8-27-15-13-3-4-28-16(13)20-9-19-15/h3-7,9H,8H2,1-2H3,(H,21,22). The second-order valence-electron chi connectivity index (χ2n) is 5.44. The zero-order valence-electron chi connectivity index (χ0n) is 14.9. The molecule has 1 aromatic carbocycles. The fourth-order valence-corrected chi connectivity index (χ4v) is 3.11. The van der Waals surface area contributed by atoms with Crippen LogP contribution in [0.2, 0.25) is 0 Å². The maximum atomic E-state index is 12.3. The average Bonchev–Trinajstić information content (AvgIpc) is 3.20. The lowest BCUT2D eigenvalue weighted by atomic mass is 10.1. The summed E-state index contributed by atoms with van der Waals surface area (Å²) < 4.78 is 14.8. The quantitative estimate of drug-likeness (QED) is 0.625. The second-order valence-corrected chi connectivity index (χ2v) is 6.33. The van der Waals surface area contributed by atoms with Crippen LogP contribution in [0.4, 0.5) is 5.69 Å². The number of ether oxygens (including phenoxy) is 3. The van der Waals surface area contributed by atoms with Crippen LogP contribution in [0.15, 0.2) is 36.0 Å². The number of amides is 1. The maximum absolute atomic E-state index is 12.3. The third-order valence-electron chi connectivity index (χ3n) is 3.62. The molecule has 0 fully saturated rings. The van der Waals surface area contributed by atoms with Crippen LogP contribution in [0.3, 0.4) is 0 Å². The lowest BCUT2D eigenvalue weighted by Gasteiger charge is -2.10. The van der Waals surface area contributed by atoms with E-state index < -0.39 is 17.8 Å². The molecule has 0 bridgehead atoms. The molecule has 10 heteroatoms. The van der Waals surface area contributed by atoms with Crippen molar-refractivity contribution in [2.24, 2.45) is 0 Å². The number of hydrogen-bond acceptors (Lipinski definition) is 9. The average molecular weight is 401 g/mol. The van der Waals surface area contributed by atoms with Crippen LogP contribution in [0.25, 0.3) is 10.2 Å². The third kappa shape index (κ3) is 4.23. The molecule has 0 aliphatic rings. The van der Waals surface area contributed by atoms with E-state index in [-0.39, 0.29) is 23.4 Å². The first-order valence-corrected chi connectivity index (χ1v) is 8.82. The van der Waals surface area contributed by atoms with Gasteiger partial charge in [0, 0.05) is 5.69 Å². The number of carbonyl (C=O) groups excluding carboxylic acids is 3. The van der Waals surface area contributed by atoms with Crippen LogP contribution in [-0.4, -0.2) is 48.6 Å². The van der Waals surface area contributed by atoms with Crippen molar-refractivity contribution in [3.63, 3.8) is 0 Å². The highest BCUT2D eigenvalue weighted by Crippen LogP contribution is 2.25. The number of anilines is 1. The Morgan fingerprint density at radius 2 is 1.71 bits per heavy atom. The molecule has 3 rings (SSSR count). The molecule has 0 unspecified atom stereocenters. The maximum Gasteiger partial charge on any atom is 0.337 e. The fourth-order valence-electron chi connectivity index (χ4n) is 2.38. The van der Waals surface area contributed by atoms with E-state index in [4.69, 9.17) is 4.74 Å². The van der Waals surface area contributed by atoms with Crippen LogP contribution in [-0.2, 0) is 14.3 Å². The van der Waals surface area contributed by atoms with Crippen LogP contribution < -0.4 is 10.1 Å². The summed E-state index contributed by atoms with van der Waals surface area (Å²) in [5.41, 5.74) is 0.412. The second kappa shape index (κ2) is 8.44. The van der Waals surface area contributed by atoms with Crippen LogP contribution in [0.5, 0.6) is 5.88 Å². The van der Waals surface area contributed by atoms with E-state index in [1.165, 1.54) is 50.1 Å². The van der Waals surface area contributed by atoms with Gasteiger partial charge in [-0.3, -0.25) is 4.79 Å². The number of thiophene rings is 1. The predicted octanol–water partition coefficient (Wildman–Crippen LogP) is 2.28. The Morgan fingerprint density at radius 3 is 2.36 bits per heavy atom. The molecule has 0 spiro atoms. The zero-order chi connectivity index (χ0) is 20.1. The molecule has 0 atom stereocenters. The van der Waals surface area contributed by atoms with E-state index in [9.17, 15) is 14.4 Å². The van der Waals surface area contributed by atoms with Crippen molar-refractivity contribution in [3.05, 3.63) is 47.1 Å². The fraction of sp³-hybridized carbons (Fsp3) is 0.167. The van der Waals surface area contributed by atoms with Crippen LogP contribution in [0.1, 0.15) is 20.7 Å². The Hall–Kier alpha value is -3.53. The predicted molar refractivity (Wildman–Crippen MR) is 101 cm³/mol. The van der Waals surface area contributed by atoms with Gasteiger partial charge in [-0.1, -0.05) is 0 Å². The summed E-state index contributed by atoms with van der Waals surface area (Å²) in [7, 11) is 2.43. The highest BCUT2D eigenvalue weighted by atomic mass is 32.1. The number of nitrogens with zero attached hydrogens (tertiary/aromatic N) is 2. The minimum Gasteiger partial charge on any atom is -0.467 e. The summed E-state index contributed by atoms with van der Waals surface area (Å²) in [6, 6.07) is 5.89. The van der Waals surface area contributed by atoms with Crippen molar-refractivity contribution in [2.45, 2.75) is 0 Å². The number of benzene rings is 1. The van der Waals surface area contributed by atoms with Crippen LogP contribution >= 0.6 is 11.3 Å². The first-order chi connectivity index (χ1) is 13.5. The molecule has 9 nitrogen and oxygen atoms in total. The van der Waals surface area contributed by atoms with E-state index in [2.05, 4.69) is 24.8 Å². The van der Waals surface area contributed by atoms with Gasteiger partial charge in [-0.15, -0.1) is 11.3 Å². The smallest absolute Gasteiger partial charge is 0.337 e. The van der Waals surface area contributed by atoms with Gasteiger partial charge in [0.2, 0.25) is 5.88 Å². The highest BCUT2D eigenvalue weighted by Gasteiger charge is 2.15. The molecular formula is C18H15N3O6S. The number of methoxy groups -OCH3 is 2. The first-order valence-electron chi connectivity index (χ1n) is 7.94. The van der Waals surface area contributed by atoms with Gasteiger partial charge in [0.05, 0.1) is 30.7 Å². The molecule has 2 aromatic heterocycles. The lowest BCUT2D eigenvalue weighted by Crippen LogP contribution is -2.21. The molecule has 0 saturated carbocycles. The minimum absolute atomic E-state index is 0.0948. The zero-order valence-corrected chi connectivity index (χ0v) is 15.7. The number of fused-ring (bicyclic) bond motifs is 1. The molecule has 28 heavy (non-hydrogen) atoms. The summed E-state index contributed by atoms with van der Waals surface area (Å²) in [4.78, 5) is 44.7. The number of carbonyl (C=O) groups is 3. The molecular weight excluding hydrogens is 386 g/mol. The van der Waals surface area contributed by atoms with Gasteiger partial charge in [0.15, 0.2) is 6.61 Å². The normalized spacial score (nSPS) is 10.4. The molecule has 144 valence electrons. The highest BCUT2D eigenvalue weighted by molar-refractivity contribution is 7.16. The van der Waals surface area contributed by atoms with E-state index in [1.54, 1.807) is 6.07 Å². The number of nitrogens with one attached hydrogen (secondary N) is 1. The molecule has 0 aliphatic heterocycles. The van der Waals surface area contributed by atoms with E-state index in [0.29, 0.717) is 11.3 Å². The van der Waals surface area contributed by atoms with E-state index >= 15 is 0 Å². The largest absolute Gasteiger partial charge is 0.467 e. The van der Waals surface area contributed by atoms with Crippen molar-refractivity contribution >= 4 is 45.1 Å². The van der Waals surface area contributed by atoms with Crippen molar-refractivity contribution < 1.29 is 28.6 Å². The summed E-state index contributed by atoms with van der Waals surface area (Å²) >= 11 is 1.43. The molecule has 0 saturated heterocycles. The summed E-state index contributed by atoms with van der Waals surface area (Å²) in [5, 5.41) is 5.13. The molecule has 2 heterocycles. The van der Waals surface area contributed by atoms with Crippen molar-refractivity contribution in [3.8, 4) is 5.88 Å². The molecule has 0 aliphatic carbocycles. The van der Waals surface area contributed by atoms with Gasteiger partial charge in [-0.25, -0.2) is 19.6 Å². The van der Waals surface area contributed by atoms with Crippen LogP contribution in [0, 0.1) is 0 Å². The van der Waals surface area contributed by atoms with Gasteiger partial charge in [0.1, 0.15) is 11.2 Å². The molecule has 3 aromatic rings. The van der Waals surface area contributed by atoms with Gasteiger partial charge < -0.3 is 19.5 Å². The Balaban J connectivity index is 1.74. The number of esters is 2. The first kappa shape index (κ1) is 19.2. The number of rotatable bonds is 6. The van der Waals surface area contributed by atoms with Gasteiger partial charge >= 0.3 is 11.9 Å². The molecule has 1 amide bonds. The summed E-state index contributed by atoms with van der Waals surface area (Å²) in [6.45, 7) is -0.321. The van der Waals surface area contributed by atoms with Gasteiger partial charge in [0.25, 0.3) is 5.91 Å². The Kier molecular flexibility index (Phi) is 5.80. The van der Waals surface area contributed by atoms with Crippen molar-refractivity contribution in [1.29, 1.82) is 0 Å². The minimum atomic E-state index is -0.654. The van der Waals surface area contributed by atoms with E-state index in [1.807, 2.05) is 5.38 Å². The number of aromatic nitrogens is 2. The summed E-state index contributed by atoms with van der Waals surface area (Å²) in [5.74, 6) is -1.52. The molecule has 1 N–H and O–H groups in total. The SMILES string of the molecule is COC(=O)c1cc(NC(=O)COc2ncnc3sccc23)cc(C(=O)OC)c1. The monoisotopic (exact) mass is 401 g/mol. The third-order valence-corrected chi connectivity index (χ3v) is 4.44. The lowest BCUT2D eigenvalue weighted by molar-refractivity contribution is -0.118.